The van der Waals surface area contributed by atoms with E-state index in [9.17, 15) is 9.90 Å². The first-order valence-corrected chi connectivity index (χ1v) is 11.7. The second kappa shape index (κ2) is 8.07. The molecule has 0 bridgehead atoms. The van der Waals surface area contributed by atoms with E-state index >= 15 is 0 Å². The van der Waals surface area contributed by atoms with Crippen molar-refractivity contribution in [2.45, 2.75) is 103 Å². The molecule has 3 heterocycles. The number of anilines is 1. The Morgan fingerprint density at radius 2 is 1.93 bits per heavy atom. The SMILES string of the molecule is Cc1c2c(c(CC[C@H]3C[C@H](O)CC(=O)O3)c(C(C)C)c1N1CCCC1)OC(C)(C)C2. The van der Waals surface area contributed by atoms with Crippen LogP contribution >= 0.6 is 0 Å². The molecule has 2 atom stereocenters. The molecule has 5 heteroatoms. The fourth-order valence-electron chi connectivity index (χ4n) is 5.60. The lowest BCUT2D eigenvalue weighted by Gasteiger charge is -2.31. The van der Waals surface area contributed by atoms with E-state index in [4.69, 9.17) is 9.47 Å². The summed E-state index contributed by atoms with van der Waals surface area (Å²) in [6.07, 6.45) is 4.80. The monoisotopic (exact) mass is 415 g/mol. The lowest BCUT2D eigenvalue weighted by Crippen LogP contribution is -2.33. The Morgan fingerprint density at radius 1 is 1.23 bits per heavy atom. The second-order valence-corrected chi connectivity index (χ2v) is 10.3. The summed E-state index contributed by atoms with van der Waals surface area (Å²) < 4.78 is 12.1. The molecule has 0 amide bonds. The van der Waals surface area contributed by atoms with Crippen molar-refractivity contribution in [2.75, 3.05) is 18.0 Å². The summed E-state index contributed by atoms with van der Waals surface area (Å²) in [6.45, 7) is 13.4. The summed E-state index contributed by atoms with van der Waals surface area (Å²) >= 11 is 0. The van der Waals surface area contributed by atoms with E-state index in [0.717, 1.165) is 38.1 Å². The summed E-state index contributed by atoms with van der Waals surface area (Å²) in [7, 11) is 0. The fourth-order valence-corrected chi connectivity index (χ4v) is 5.60. The van der Waals surface area contributed by atoms with Crippen molar-refractivity contribution in [3.63, 3.8) is 0 Å². The number of aliphatic hydroxyl groups is 1. The van der Waals surface area contributed by atoms with Gasteiger partial charge < -0.3 is 19.5 Å². The van der Waals surface area contributed by atoms with Crippen LogP contribution in [0.5, 0.6) is 5.75 Å². The number of carbonyl (C=O) groups excluding carboxylic acids is 1. The number of fused-ring (bicyclic) bond motifs is 1. The van der Waals surface area contributed by atoms with Gasteiger partial charge in [-0.1, -0.05) is 13.8 Å². The van der Waals surface area contributed by atoms with E-state index < -0.39 is 6.10 Å². The third kappa shape index (κ3) is 4.05. The van der Waals surface area contributed by atoms with Gasteiger partial charge in [-0.05, 0) is 63.5 Å². The van der Waals surface area contributed by atoms with Crippen LogP contribution in [0.2, 0.25) is 0 Å². The number of hydrogen-bond donors (Lipinski definition) is 1. The lowest BCUT2D eigenvalue weighted by atomic mass is 9.84. The van der Waals surface area contributed by atoms with Gasteiger partial charge in [0.1, 0.15) is 17.5 Å². The summed E-state index contributed by atoms with van der Waals surface area (Å²) in [5.41, 5.74) is 6.63. The average molecular weight is 416 g/mol. The van der Waals surface area contributed by atoms with Gasteiger partial charge in [-0.3, -0.25) is 4.79 Å². The molecule has 1 aromatic rings. The zero-order chi connectivity index (χ0) is 21.6. The van der Waals surface area contributed by atoms with Crippen molar-refractivity contribution in [2.24, 2.45) is 0 Å². The topological polar surface area (TPSA) is 59.0 Å². The molecule has 166 valence electrons. The summed E-state index contributed by atoms with van der Waals surface area (Å²) in [6, 6.07) is 0. The normalized spacial score (nSPS) is 25.4. The van der Waals surface area contributed by atoms with Crippen molar-refractivity contribution in [1.82, 2.24) is 0 Å². The highest BCUT2D eigenvalue weighted by Gasteiger charge is 2.38. The summed E-state index contributed by atoms with van der Waals surface area (Å²) in [5, 5.41) is 10.0. The smallest absolute Gasteiger partial charge is 0.308 e. The van der Waals surface area contributed by atoms with Crippen LogP contribution < -0.4 is 9.64 Å². The number of nitrogens with zero attached hydrogens (tertiary/aromatic N) is 1. The van der Waals surface area contributed by atoms with Crippen molar-refractivity contribution < 1.29 is 19.4 Å². The minimum Gasteiger partial charge on any atom is -0.487 e. The van der Waals surface area contributed by atoms with Crippen LogP contribution in [-0.4, -0.2) is 42.0 Å². The first kappa shape index (κ1) is 21.5. The first-order chi connectivity index (χ1) is 14.2. The van der Waals surface area contributed by atoms with Gasteiger partial charge in [0.05, 0.1) is 12.5 Å². The van der Waals surface area contributed by atoms with Crippen molar-refractivity contribution in [1.29, 1.82) is 0 Å². The van der Waals surface area contributed by atoms with Crippen molar-refractivity contribution in [3.8, 4) is 5.75 Å². The van der Waals surface area contributed by atoms with Crippen LogP contribution in [0, 0.1) is 6.92 Å². The molecule has 0 aromatic heterocycles. The van der Waals surface area contributed by atoms with Crippen molar-refractivity contribution in [3.05, 3.63) is 22.3 Å². The molecule has 3 aliphatic rings. The average Bonchev–Trinajstić information content (AvgIpc) is 3.27. The molecule has 3 aliphatic heterocycles. The Balaban J connectivity index is 1.75. The first-order valence-electron chi connectivity index (χ1n) is 11.7. The van der Waals surface area contributed by atoms with Crippen LogP contribution in [0.25, 0.3) is 0 Å². The Morgan fingerprint density at radius 3 is 2.57 bits per heavy atom. The van der Waals surface area contributed by atoms with Gasteiger partial charge in [0.25, 0.3) is 0 Å². The molecule has 1 N–H and O–H groups in total. The standard InChI is InChI=1S/C25H37NO4/c1-15(2)22-19(9-8-18-12-17(27)13-21(28)29-18)24-20(14-25(4,5)30-24)16(3)23(22)26-10-6-7-11-26/h15,17-18,27H,6-14H2,1-5H3/t17-,18-/m0/s1. The van der Waals surface area contributed by atoms with Crippen LogP contribution in [-0.2, 0) is 22.4 Å². The zero-order valence-corrected chi connectivity index (χ0v) is 19.2. The number of benzene rings is 1. The van der Waals surface area contributed by atoms with E-state index in [1.165, 1.54) is 40.8 Å². The maximum Gasteiger partial charge on any atom is 0.308 e. The number of esters is 1. The molecule has 2 fully saturated rings. The molecule has 4 rings (SSSR count). The molecular weight excluding hydrogens is 378 g/mol. The molecule has 1 aromatic carbocycles. The lowest BCUT2D eigenvalue weighted by molar-refractivity contribution is -0.160. The molecular formula is C25H37NO4. The number of cyclic esters (lactones) is 1. The van der Waals surface area contributed by atoms with Crippen LogP contribution in [0.1, 0.15) is 88.0 Å². The van der Waals surface area contributed by atoms with Crippen LogP contribution in [0.15, 0.2) is 0 Å². The number of rotatable bonds is 5. The van der Waals surface area contributed by atoms with Gasteiger partial charge in [0, 0.05) is 42.7 Å². The van der Waals surface area contributed by atoms with Gasteiger partial charge in [0.15, 0.2) is 0 Å². The minimum atomic E-state index is -0.583. The third-order valence-corrected chi connectivity index (χ3v) is 6.87. The van der Waals surface area contributed by atoms with E-state index in [0.29, 0.717) is 12.3 Å². The number of ether oxygens (including phenoxy) is 2. The molecule has 0 saturated carbocycles. The molecule has 5 nitrogen and oxygen atoms in total. The Hall–Kier alpha value is -1.75. The highest BCUT2D eigenvalue weighted by atomic mass is 16.5. The molecule has 30 heavy (non-hydrogen) atoms. The number of hydrogen-bond acceptors (Lipinski definition) is 5. The molecule has 2 saturated heterocycles. The fraction of sp³-hybridized carbons (Fsp3) is 0.720. The van der Waals surface area contributed by atoms with E-state index in [-0.39, 0.29) is 24.1 Å². The molecule has 0 aliphatic carbocycles. The van der Waals surface area contributed by atoms with Gasteiger partial charge >= 0.3 is 5.97 Å². The Labute approximate surface area is 180 Å². The molecule has 0 radical (unpaired) electrons. The predicted octanol–water partition coefficient (Wildman–Crippen LogP) is 4.43. The van der Waals surface area contributed by atoms with Gasteiger partial charge in [-0.15, -0.1) is 0 Å². The predicted molar refractivity (Wildman–Crippen MR) is 119 cm³/mol. The summed E-state index contributed by atoms with van der Waals surface area (Å²) in [5.74, 6) is 1.16. The van der Waals surface area contributed by atoms with Crippen LogP contribution in [0.3, 0.4) is 0 Å². The quantitative estimate of drug-likeness (QED) is 0.721. The van der Waals surface area contributed by atoms with Gasteiger partial charge in [-0.2, -0.15) is 0 Å². The maximum absolute atomic E-state index is 11.8. The highest BCUT2D eigenvalue weighted by molar-refractivity contribution is 5.72. The Kier molecular flexibility index (Phi) is 5.78. The highest BCUT2D eigenvalue weighted by Crippen LogP contribution is 2.49. The largest absolute Gasteiger partial charge is 0.487 e. The van der Waals surface area contributed by atoms with Crippen molar-refractivity contribution >= 4 is 11.7 Å². The van der Waals surface area contributed by atoms with E-state index in [1.807, 2.05) is 0 Å². The van der Waals surface area contributed by atoms with E-state index in [1.54, 1.807) is 0 Å². The summed E-state index contributed by atoms with van der Waals surface area (Å²) in [4.78, 5) is 14.4. The Bertz CT molecular complexity index is 823. The van der Waals surface area contributed by atoms with Gasteiger partial charge in [0.2, 0.25) is 0 Å². The number of carbonyl (C=O) groups is 1. The van der Waals surface area contributed by atoms with Crippen LogP contribution in [0.4, 0.5) is 5.69 Å². The minimum absolute atomic E-state index is 0.115. The molecule has 0 unspecified atom stereocenters. The second-order valence-electron chi connectivity index (χ2n) is 10.3. The number of aliphatic hydroxyl groups excluding tert-OH is 1. The third-order valence-electron chi connectivity index (χ3n) is 6.87. The maximum atomic E-state index is 11.8. The van der Waals surface area contributed by atoms with Gasteiger partial charge in [-0.25, -0.2) is 0 Å². The zero-order valence-electron chi connectivity index (χ0n) is 19.2. The van der Waals surface area contributed by atoms with E-state index in [2.05, 4.69) is 39.5 Å². The molecule has 0 spiro atoms.